The molecular formula is C13H16N2O5. The lowest BCUT2D eigenvalue weighted by molar-refractivity contribution is -0.385. The predicted octanol–water partition coefficient (Wildman–Crippen LogP) is 1.36. The van der Waals surface area contributed by atoms with Crippen LogP contribution < -0.4 is 5.32 Å². The van der Waals surface area contributed by atoms with Crippen molar-refractivity contribution in [2.75, 3.05) is 6.54 Å². The molecule has 1 atom stereocenters. The summed E-state index contributed by atoms with van der Waals surface area (Å²) in [7, 11) is 0. The lowest BCUT2D eigenvalue weighted by Crippen LogP contribution is -2.28. The molecular weight excluding hydrogens is 264 g/mol. The molecule has 0 radical (unpaired) electrons. The zero-order chi connectivity index (χ0) is 15.1. The number of hydrogen-bond acceptors (Lipinski definition) is 4. The summed E-state index contributed by atoms with van der Waals surface area (Å²) in [6, 6.07) is 6.03. The van der Waals surface area contributed by atoms with Crippen LogP contribution in [0.2, 0.25) is 0 Å². The van der Waals surface area contributed by atoms with Crippen LogP contribution in [0.1, 0.15) is 18.9 Å². The number of carboxylic acids is 1. The lowest BCUT2D eigenvalue weighted by atomic mass is 10.1. The first kappa shape index (κ1) is 15.6. The van der Waals surface area contributed by atoms with Gasteiger partial charge in [0.25, 0.3) is 5.69 Å². The van der Waals surface area contributed by atoms with Crippen molar-refractivity contribution in [1.82, 2.24) is 5.32 Å². The molecule has 20 heavy (non-hydrogen) atoms. The summed E-state index contributed by atoms with van der Waals surface area (Å²) in [6.07, 6.45) is 0.219. The maximum Gasteiger partial charge on any atom is 0.306 e. The van der Waals surface area contributed by atoms with Crippen molar-refractivity contribution in [2.24, 2.45) is 5.92 Å². The van der Waals surface area contributed by atoms with E-state index < -0.39 is 16.8 Å². The van der Waals surface area contributed by atoms with E-state index in [4.69, 9.17) is 5.11 Å². The fraction of sp³-hybridized carbons (Fsp3) is 0.385. The smallest absolute Gasteiger partial charge is 0.306 e. The van der Waals surface area contributed by atoms with E-state index in [-0.39, 0.29) is 24.6 Å². The number of nitro groups is 1. The molecule has 0 fully saturated rings. The minimum atomic E-state index is -0.919. The third kappa shape index (κ3) is 4.68. The Morgan fingerprint density at radius 2 is 2.05 bits per heavy atom. The van der Waals surface area contributed by atoms with Crippen molar-refractivity contribution in [3.8, 4) is 0 Å². The SMILES string of the molecule is CC(CCNC(=O)Cc1ccccc1[N+](=O)[O-])C(=O)O. The van der Waals surface area contributed by atoms with Crippen LogP contribution in [0, 0.1) is 16.0 Å². The van der Waals surface area contributed by atoms with Crippen molar-refractivity contribution >= 4 is 17.6 Å². The average Bonchev–Trinajstić information content (AvgIpc) is 2.38. The molecule has 0 aliphatic heterocycles. The van der Waals surface area contributed by atoms with Gasteiger partial charge in [-0.1, -0.05) is 25.1 Å². The van der Waals surface area contributed by atoms with Crippen LogP contribution >= 0.6 is 0 Å². The summed E-state index contributed by atoms with van der Waals surface area (Å²) in [5, 5.41) is 22.0. The highest BCUT2D eigenvalue weighted by atomic mass is 16.6. The average molecular weight is 280 g/mol. The van der Waals surface area contributed by atoms with Crippen LogP contribution in [0.15, 0.2) is 24.3 Å². The Bertz CT molecular complexity index is 515. The highest BCUT2D eigenvalue weighted by Gasteiger charge is 2.16. The van der Waals surface area contributed by atoms with Crippen LogP contribution in [0.4, 0.5) is 5.69 Å². The molecule has 2 N–H and O–H groups in total. The fourth-order valence-corrected chi connectivity index (χ4v) is 1.63. The zero-order valence-electron chi connectivity index (χ0n) is 11.0. The van der Waals surface area contributed by atoms with Gasteiger partial charge in [0.15, 0.2) is 0 Å². The van der Waals surface area contributed by atoms with Crippen LogP contribution in [0.5, 0.6) is 0 Å². The van der Waals surface area contributed by atoms with Gasteiger partial charge in [-0.05, 0) is 6.42 Å². The fourth-order valence-electron chi connectivity index (χ4n) is 1.63. The minimum Gasteiger partial charge on any atom is -0.481 e. The summed E-state index contributed by atoms with van der Waals surface area (Å²) in [5.41, 5.74) is 0.239. The normalized spacial score (nSPS) is 11.7. The molecule has 0 aliphatic carbocycles. The van der Waals surface area contributed by atoms with Gasteiger partial charge in [0.1, 0.15) is 0 Å². The van der Waals surface area contributed by atoms with Crippen LogP contribution in [-0.2, 0) is 16.0 Å². The Kier molecular flexibility index (Phi) is 5.64. The molecule has 1 rings (SSSR count). The Morgan fingerprint density at radius 3 is 2.65 bits per heavy atom. The first-order chi connectivity index (χ1) is 9.41. The third-order valence-corrected chi connectivity index (χ3v) is 2.86. The Morgan fingerprint density at radius 1 is 1.40 bits per heavy atom. The molecule has 0 heterocycles. The van der Waals surface area contributed by atoms with Gasteiger partial charge in [0.2, 0.25) is 5.91 Å². The van der Waals surface area contributed by atoms with Crippen molar-refractivity contribution in [3.05, 3.63) is 39.9 Å². The number of carbonyl (C=O) groups excluding carboxylic acids is 1. The monoisotopic (exact) mass is 280 g/mol. The van der Waals surface area contributed by atoms with E-state index in [1.807, 2.05) is 0 Å². The standard InChI is InChI=1S/C13H16N2O5/c1-9(13(17)18)6-7-14-12(16)8-10-4-2-3-5-11(10)15(19)20/h2-5,9H,6-8H2,1H3,(H,14,16)(H,17,18). The summed E-state index contributed by atoms with van der Waals surface area (Å²) in [6.45, 7) is 1.78. The lowest BCUT2D eigenvalue weighted by Gasteiger charge is -2.08. The van der Waals surface area contributed by atoms with Gasteiger partial charge in [0.05, 0.1) is 17.3 Å². The van der Waals surface area contributed by atoms with Crippen molar-refractivity contribution < 1.29 is 19.6 Å². The highest BCUT2D eigenvalue weighted by Crippen LogP contribution is 2.17. The molecule has 1 aromatic carbocycles. The molecule has 0 aliphatic rings. The summed E-state index contributed by atoms with van der Waals surface area (Å²) < 4.78 is 0. The van der Waals surface area contributed by atoms with E-state index in [2.05, 4.69) is 5.32 Å². The number of nitrogens with zero attached hydrogens (tertiary/aromatic N) is 1. The summed E-state index contributed by atoms with van der Waals surface area (Å²) in [5.74, 6) is -1.82. The van der Waals surface area contributed by atoms with E-state index in [0.717, 1.165) is 0 Å². The minimum absolute atomic E-state index is 0.0958. The Labute approximate surface area is 115 Å². The number of hydrogen-bond donors (Lipinski definition) is 2. The number of benzene rings is 1. The summed E-state index contributed by atoms with van der Waals surface area (Å²) in [4.78, 5) is 32.5. The molecule has 0 saturated heterocycles. The van der Waals surface area contributed by atoms with Crippen molar-refractivity contribution in [1.29, 1.82) is 0 Å². The van der Waals surface area contributed by atoms with Crippen LogP contribution in [0.25, 0.3) is 0 Å². The summed E-state index contributed by atoms with van der Waals surface area (Å²) >= 11 is 0. The second kappa shape index (κ2) is 7.22. The van der Waals surface area contributed by atoms with Gasteiger partial charge in [-0.25, -0.2) is 0 Å². The van der Waals surface area contributed by atoms with Crippen molar-refractivity contribution in [2.45, 2.75) is 19.8 Å². The van der Waals surface area contributed by atoms with Gasteiger partial charge in [-0.15, -0.1) is 0 Å². The number of carbonyl (C=O) groups is 2. The highest BCUT2D eigenvalue weighted by molar-refractivity contribution is 5.79. The van der Waals surface area contributed by atoms with Crippen LogP contribution in [-0.4, -0.2) is 28.5 Å². The molecule has 1 aromatic rings. The van der Waals surface area contributed by atoms with Crippen molar-refractivity contribution in [3.63, 3.8) is 0 Å². The molecule has 0 bridgehead atoms. The molecule has 0 aromatic heterocycles. The largest absolute Gasteiger partial charge is 0.481 e. The van der Waals surface area contributed by atoms with E-state index >= 15 is 0 Å². The molecule has 0 saturated carbocycles. The topological polar surface area (TPSA) is 110 Å². The molecule has 108 valence electrons. The zero-order valence-corrected chi connectivity index (χ0v) is 11.0. The Hall–Kier alpha value is -2.44. The van der Waals surface area contributed by atoms with Gasteiger partial charge >= 0.3 is 5.97 Å². The molecule has 7 heteroatoms. The predicted molar refractivity (Wildman–Crippen MR) is 71.2 cm³/mol. The van der Waals surface area contributed by atoms with Gasteiger partial charge in [-0.2, -0.15) is 0 Å². The number of aliphatic carboxylic acids is 1. The van der Waals surface area contributed by atoms with E-state index in [1.165, 1.54) is 18.2 Å². The number of rotatable bonds is 7. The first-order valence-corrected chi connectivity index (χ1v) is 6.13. The number of para-hydroxylation sites is 1. The number of amides is 1. The number of nitrogens with one attached hydrogen (secondary N) is 1. The molecule has 1 amide bonds. The first-order valence-electron chi connectivity index (χ1n) is 6.13. The van der Waals surface area contributed by atoms with Crippen LogP contribution in [0.3, 0.4) is 0 Å². The second-order valence-corrected chi connectivity index (χ2v) is 4.44. The molecule has 1 unspecified atom stereocenters. The Balaban J connectivity index is 2.51. The van der Waals surface area contributed by atoms with Gasteiger partial charge < -0.3 is 10.4 Å². The van der Waals surface area contributed by atoms with E-state index in [0.29, 0.717) is 12.0 Å². The van der Waals surface area contributed by atoms with E-state index in [1.54, 1.807) is 13.0 Å². The van der Waals surface area contributed by atoms with E-state index in [9.17, 15) is 19.7 Å². The van der Waals surface area contributed by atoms with Gasteiger partial charge in [0, 0.05) is 18.2 Å². The number of nitro benzene ring substituents is 1. The molecule has 0 spiro atoms. The quantitative estimate of drug-likeness (QED) is 0.579. The second-order valence-electron chi connectivity index (χ2n) is 4.44. The number of carboxylic acid groups (broad SMARTS) is 1. The third-order valence-electron chi connectivity index (χ3n) is 2.86. The maximum atomic E-state index is 11.7. The van der Waals surface area contributed by atoms with Gasteiger partial charge in [-0.3, -0.25) is 19.7 Å². The molecule has 7 nitrogen and oxygen atoms in total. The maximum absolute atomic E-state index is 11.7.